The van der Waals surface area contributed by atoms with Gasteiger partial charge < -0.3 is 4.74 Å². The lowest BCUT2D eigenvalue weighted by atomic mass is 9.78. The highest BCUT2D eigenvalue weighted by Gasteiger charge is 2.31. The van der Waals surface area contributed by atoms with Gasteiger partial charge in [-0.1, -0.05) is 19.3 Å². The Morgan fingerprint density at radius 3 is 2.58 bits per heavy atom. The van der Waals surface area contributed by atoms with Crippen molar-refractivity contribution in [3.8, 4) is 6.07 Å². The standard InChI is InChI=1S/C10H17NO/c1-3-12-10(2,8-11)7-9-5-4-6-9/h9H,3-7H2,1-2H3. The first kappa shape index (κ1) is 9.54. The van der Waals surface area contributed by atoms with Gasteiger partial charge in [0.15, 0.2) is 5.60 Å². The molecule has 1 saturated carbocycles. The number of hydrogen-bond donors (Lipinski definition) is 0. The van der Waals surface area contributed by atoms with Gasteiger partial charge in [0, 0.05) is 6.61 Å². The summed E-state index contributed by atoms with van der Waals surface area (Å²) in [6.07, 6.45) is 4.81. The maximum Gasteiger partial charge on any atom is 0.151 e. The number of ether oxygens (including phenoxy) is 1. The molecule has 12 heavy (non-hydrogen) atoms. The second-order valence-corrected chi connectivity index (χ2v) is 3.78. The normalized spacial score (nSPS) is 22.4. The lowest BCUT2D eigenvalue weighted by Crippen LogP contribution is -2.32. The molecule has 0 aromatic carbocycles. The van der Waals surface area contributed by atoms with Gasteiger partial charge in [0.1, 0.15) is 0 Å². The fourth-order valence-electron chi connectivity index (χ4n) is 1.70. The van der Waals surface area contributed by atoms with E-state index in [9.17, 15) is 0 Å². The van der Waals surface area contributed by atoms with Crippen LogP contribution in [0.1, 0.15) is 39.5 Å². The minimum atomic E-state index is -0.528. The van der Waals surface area contributed by atoms with Crippen LogP contribution in [0.2, 0.25) is 0 Å². The fourth-order valence-corrected chi connectivity index (χ4v) is 1.70. The van der Waals surface area contributed by atoms with Crippen LogP contribution >= 0.6 is 0 Å². The third-order valence-corrected chi connectivity index (χ3v) is 2.60. The summed E-state index contributed by atoms with van der Waals surface area (Å²) < 4.78 is 5.42. The van der Waals surface area contributed by atoms with Crippen LogP contribution in [-0.4, -0.2) is 12.2 Å². The Kier molecular flexibility index (Phi) is 3.11. The van der Waals surface area contributed by atoms with Gasteiger partial charge in [-0.25, -0.2) is 0 Å². The third kappa shape index (κ3) is 2.22. The number of hydrogen-bond acceptors (Lipinski definition) is 2. The van der Waals surface area contributed by atoms with Crippen LogP contribution in [0.5, 0.6) is 0 Å². The van der Waals surface area contributed by atoms with E-state index in [0.29, 0.717) is 6.61 Å². The zero-order valence-corrected chi connectivity index (χ0v) is 7.97. The van der Waals surface area contributed by atoms with Crippen molar-refractivity contribution in [2.24, 2.45) is 5.92 Å². The molecule has 0 N–H and O–H groups in total. The van der Waals surface area contributed by atoms with E-state index in [1.807, 2.05) is 13.8 Å². The first-order valence-electron chi connectivity index (χ1n) is 4.75. The molecule has 68 valence electrons. The maximum atomic E-state index is 8.91. The van der Waals surface area contributed by atoms with Crippen molar-refractivity contribution in [2.45, 2.75) is 45.1 Å². The Hall–Kier alpha value is -0.550. The quantitative estimate of drug-likeness (QED) is 0.644. The summed E-state index contributed by atoms with van der Waals surface area (Å²) in [7, 11) is 0. The summed E-state index contributed by atoms with van der Waals surface area (Å²) in [6, 6.07) is 2.26. The Balaban J connectivity index is 2.37. The summed E-state index contributed by atoms with van der Waals surface area (Å²) in [4.78, 5) is 0. The number of rotatable bonds is 4. The molecule has 1 fully saturated rings. The van der Waals surface area contributed by atoms with E-state index in [4.69, 9.17) is 10.00 Å². The third-order valence-electron chi connectivity index (χ3n) is 2.60. The zero-order valence-electron chi connectivity index (χ0n) is 7.97. The maximum absolute atomic E-state index is 8.91. The fraction of sp³-hybridized carbons (Fsp3) is 0.900. The van der Waals surface area contributed by atoms with Crippen LogP contribution in [0.3, 0.4) is 0 Å². The molecular weight excluding hydrogens is 150 g/mol. The molecule has 2 nitrogen and oxygen atoms in total. The molecule has 0 aromatic heterocycles. The van der Waals surface area contributed by atoms with E-state index in [2.05, 4.69) is 6.07 Å². The monoisotopic (exact) mass is 167 g/mol. The van der Waals surface area contributed by atoms with E-state index in [1.165, 1.54) is 19.3 Å². The van der Waals surface area contributed by atoms with Crippen molar-refractivity contribution >= 4 is 0 Å². The highest BCUT2D eigenvalue weighted by atomic mass is 16.5. The van der Waals surface area contributed by atoms with Gasteiger partial charge in [-0.2, -0.15) is 5.26 Å². The molecule has 0 bridgehead atoms. The van der Waals surface area contributed by atoms with Gasteiger partial charge in [-0.15, -0.1) is 0 Å². The van der Waals surface area contributed by atoms with Crippen LogP contribution in [0.15, 0.2) is 0 Å². The molecule has 1 unspecified atom stereocenters. The van der Waals surface area contributed by atoms with Crippen LogP contribution in [0.4, 0.5) is 0 Å². The van der Waals surface area contributed by atoms with Gasteiger partial charge in [0.25, 0.3) is 0 Å². The summed E-state index contributed by atoms with van der Waals surface area (Å²) in [6.45, 7) is 4.47. The lowest BCUT2D eigenvalue weighted by Gasteiger charge is -2.32. The van der Waals surface area contributed by atoms with Gasteiger partial charge in [-0.3, -0.25) is 0 Å². The van der Waals surface area contributed by atoms with Crippen molar-refractivity contribution < 1.29 is 4.74 Å². The Bertz CT molecular complexity index is 181. The van der Waals surface area contributed by atoms with Crippen LogP contribution in [0.25, 0.3) is 0 Å². The minimum Gasteiger partial charge on any atom is -0.361 e. The van der Waals surface area contributed by atoms with E-state index in [1.54, 1.807) is 0 Å². The molecular formula is C10H17NO. The molecule has 0 aliphatic heterocycles. The molecule has 2 heteroatoms. The molecule has 0 saturated heterocycles. The molecule has 0 amide bonds. The Morgan fingerprint density at radius 2 is 2.25 bits per heavy atom. The summed E-state index contributed by atoms with van der Waals surface area (Å²) in [5.41, 5.74) is -0.528. The largest absolute Gasteiger partial charge is 0.361 e. The highest BCUT2D eigenvalue weighted by Crippen LogP contribution is 2.34. The summed E-state index contributed by atoms with van der Waals surface area (Å²) in [5.74, 6) is 0.737. The van der Waals surface area contributed by atoms with Crippen molar-refractivity contribution in [2.75, 3.05) is 6.61 Å². The summed E-state index contributed by atoms with van der Waals surface area (Å²) >= 11 is 0. The second kappa shape index (κ2) is 3.91. The molecule has 1 atom stereocenters. The topological polar surface area (TPSA) is 33.0 Å². The van der Waals surface area contributed by atoms with E-state index in [-0.39, 0.29) is 0 Å². The first-order valence-corrected chi connectivity index (χ1v) is 4.75. The molecule has 0 aromatic rings. The van der Waals surface area contributed by atoms with E-state index in [0.717, 1.165) is 12.3 Å². The Labute approximate surface area is 74.5 Å². The SMILES string of the molecule is CCOC(C)(C#N)CC1CCC1. The van der Waals surface area contributed by atoms with Crippen molar-refractivity contribution in [3.05, 3.63) is 0 Å². The van der Waals surface area contributed by atoms with Crippen LogP contribution in [0, 0.1) is 17.2 Å². The molecule has 0 heterocycles. The summed E-state index contributed by atoms with van der Waals surface area (Å²) in [5, 5.41) is 8.91. The molecule has 1 aliphatic carbocycles. The van der Waals surface area contributed by atoms with Gasteiger partial charge >= 0.3 is 0 Å². The van der Waals surface area contributed by atoms with Crippen molar-refractivity contribution in [1.29, 1.82) is 5.26 Å². The van der Waals surface area contributed by atoms with Gasteiger partial charge in [0.2, 0.25) is 0 Å². The first-order chi connectivity index (χ1) is 5.70. The van der Waals surface area contributed by atoms with E-state index < -0.39 is 5.60 Å². The number of nitrogens with zero attached hydrogens (tertiary/aromatic N) is 1. The van der Waals surface area contributed by atoms with Crippen molar-refractivity contribution in [3.63, 3.8) is 0 Å². The Morgan fingerprint density at radius 1 is 1.58 bits per heavy atom. The minimum absolute atomic E-state index is 0.528. The van der Waals surface area contributed by atoms with Gasteiger partial charge in [-0.05, 0) is 26.2 Å². The van der Waals surface area contributed by atoms with Crippen LogP contribution < -0.4 is 0 Å². The van der Waals surface area contributed by atoms with Crippen LogP contribution in [-0.2, 0) is 4.74 Å². The lowest BCUT2D eigenvalue weighted by molar-refractivity contribution is -0.00714. The highest BCUT2D eigenvalue weighted by molar-refractivity contribution is 5.00. The molecule has 1 rings (SSSR count). The average molecular weight is 167 g/mol. The average Bonchev–Trinajstić information content (AvgIpc) is 1.98. The zero-order chi connectivity index (χ0) is 9.03. The van der Waals surface area contributed by atoms with Crippen molar-refractivity contribution in [1.82, 2.24) is 0 Å². The molecule has 1 aliphatic rings. The second-order valence-electron chi connectivity index (χ2n) is 3.78. The molecule has 0 spiro atoms. The number of nitriles is 1. The molecule has 0 radical (unpaired) electrons. The smallest absolute Gasteiger partial charge is 0.151 e. The predicted molar refractivity (Wildman–Crippen MR) is 47.6 cm³/mol. The van der Waals surface area contributed by atoms with E-state index >= 15 is 0 Å². The predicted octanol–water partition coefficient (Wildman–Crippen LogP) is 2.50. The van der Waals surface area contributed by atoms with Gasteiger partial charge in [0.05, 0.1) is 6.07 Å².